The van der Waals surface area contributed by atoms with Gasteiger partial charge in [-0.05, 0) is 45.6 Å². The van der Waals surface area contributed by atoms with Crippen molar-refractivity contribution in [2.75, 3.05) is 11.1 Å². The van der Waals surface area contributed by atoms with Crippen LogP contribution in [0.1, 0.15) is 53.8 Å². The topological polar surface area (TPSA) is 123 Å². The number of rotatable bonds is 7. The summed E-state index contributed by atoms with van der Waals surface area (Å²) in [7, 11) is 0. The van der Waals surface area contributed by atoms with Crippen LogP contribution in [0.3, 0.4) is 0 Å². The molecule has 8 nitrogen and oxygen atoms in total. The molecule has 1 aliphatic rings. The summed E-state index contributed by atoms with van der Waals surface area (Å²) in [6.45, 7) is 5.80. The summed E-state index contributed by atoms with van der Waals surface area (Å²) in [6.07, 6.45) is 2.76. The first-order chi connectivity index (χ1) is 12.7. The smallest absolute Gasteiger partial charge is 0.251 e. The number of amides is 2. The SMILES string of the molecule is CCn1c(SCC(=O)Nc2sc3c(c2C(N)=O)CCC3)nnc1C(C)(C)O. The number of nitrogens with one attached hydrogen (secondary N) is 1. The molecule has 4 N–H and O–H groups in total. The Morgan fingerprint density at radius 3 is 2.74 bits per heavy atom. The largest absolute Gasteiger partial charge is 0.382 e. The number of anilines is 1. The van der Waals surface area contributed by atoms with E-state index in [1.54, 1.807) is 18.4 Å². The van der Waals surface area contributed by atoms with Crippen molar-refractivity contribution in [2.45, 2.75) is 57.3 Å². The molecule has 27 heavy (non-hydrogen) atoms. The number of aryl methyl sites for hydroxylation is 1. The van der Waals surface area contributed by atoms with Crippen molar-refractivity contribution in [3.8, 4) is 0 Å². The van der Waals surface area contributed by atoms with Crippen molar-refractivity contribution in [1.29, 1.82) is 0 Å². The normalized spacial score (nSPS) is 13.6. The Morgan fingerprint density at radius 2 is 2.11 bits per heavy atom. The Bertz CT molecular complexity index is 882. The van der Waals surface area contributed by atoms with Crippen LogP contribution in [0, 0.1) is 0 Å². The molecule has 0 saturated carbocycles. The molecule has 2 aromatic heterocycles. The second-order valence-electron chi connectivity index (χ2n) is 6.87. The highest BCUT2D eigenvalue weighted by atomic mass is 32.2. The van der Waals surface area contributed by atoms with Gasteiger partial charge >= 0.3 is 0 Å². The summed E-state index contributed by atoms with van der Waals surface area (Å²) >= 11 is 2.67. The maximum atomic E-state index is 12.4. The predicted molar refractivity (Wildman–Crippen MR) is 105 cm³/mol. The molecule has 0 radical (unpaired) electrons. The molecule has 3 rings (SSSR count). The summed E-state index contributed by atoms with van der Waals surface area (Å²) in [6, 6.07) is 0. The highest BCUT2D eigenvalue weighted by molar-refractivity contribution is 7.99. The number of hydrogen-bond acceptors (Lipinski definition) is 7. The molecule has 146 valence electrons. The zero-order valence-corrected chi connectivity index (χ0v) is 17.2. The lowest BCUT2D eigenvalue weighted by molar-refractivity contribution is -0.113. The van der Waals surface area contributed by atoms with Crippen molar-refractivity contribution in [3.63, 3.8) is 0 Å². The third kappa shape index (κ3) is 4.02. The Morgan fingerprint density at radius 1 is 1.37 bits per heavy atom. The number of thiophene rings is 1. The molecule has 0 spiro atoms. The predicted octanol–water partition coefficient (Wildman–Crippen LogP) is 1.91. The third-order valence-corrected chi connectivity index (χ3v) is 6.51. The van der Waals surface area contributed by atoms with E-state index in [-0.39, 0.29) is 11.7 Å². The third-order valence-electron chi connectivity index (χ3n) is 4.33. The van der Waals surface area contributed by atoms with E-state index in [9.17, 15) is 14.7 Å². The number of carbonyl (C=O) groups is 2. The average molecular weight is 410 g/mol. The minimum atomic E-state index is -1.11. The zero-order valence-electron chi connectivity index (χ0n) is 15.5. The Labute approximate surface area is 165 Å². The molecule has 10 heteroatoms. The van der Waals surface area contributed by atoms with Gasteiger partial charge in [-0.1, -0.05) is 11.8 Å². The molecule has 0 unspecified atom stereocenters. The lowest BCUT2D eigenvalue weighted by Crippen LogP contribution is -2.22. The number of nitrogens with two attached hydrogens (primary N) is 1. The van der Waals surface area contributed by atoms with E-state index >= 15 is 0 Å². The van der Waals surface area contributed by atoms with Crippen LogP contribution in [0.15, 0.2) is 5.16 Å². The van der Waals surface area contributed by atoms with E-state index in [0.29, 0.717) is 28.1 Å². The highest BCUT2D eigenvalue weighted by Crippen LogP contribution is 2.39. The van der Waals surface area contributed by atoms with Gasteiger partial charge in [-0.2, -0.15) is 0 Å². The van der Waals surface area contributed by atoms with E-state index in [0.717, 1.165) is 29.7 Å². The number of nitrogens with zero attached hydrogens (tertiary/aromatic N) is 3. The van der Waals surface area contributed by atoms with Crippen molar-refractivity contribution < 1.29 is 14.7 Å². The van der Waals surface area contributed by atoms with Gasteiger partial charge in [-0.25, -0.2) is 0 Å². The molecule has 0 aromatic carbocycles. The van der Waals surface area contributed by atoms with Gasteiger partial charge in [0.2, 0.25) is 5.91 Å². The van der Waals surface area contributed by atoms with E-state index in [4.69, 9.17) is 5.73 Å². The molecule has 2 aromatic rings. The quantitative estimate of drug-likeness (QED) is 0.600. The zero-order chi connectivity index (χ0) is 19.8. The van der Waals surface area contributed by atoms with Gasteiger partial charge in [0.1, 0.15) is 10.6 Å². The van der Waals surface area contributed by atoms with Gasteiger partial charge in [-0.15, -0.1) is 21.5 Å². The first-order valence-electron chi connectivity index (χ1n) is 8.75. The van der Waals surface area contributed by atoms with Crippen molar-refractivity contribution in [1.82, 2.24) is 14.8 Å². The Hall–Kier alpha value is -1.91. The van der Waals surface area contributed by atoms with Crippen LogP contribution in [0.5, 0.6) is 0 Å². The lowest BCUT2D eigenvalue weighted by atomic mass is 10.1. The maximum absolute atomic E-state index is 12.4. The monoisotopic (exact) mass is 409 g/mol. The fraction of sp³-hybridized carbons (Fsp3) is 0.529. The second-order valence-corrected chi connectivity index (χ2v) is 8.92. The van der Waals surface area contributed by atoms with Crippen molar-refractivity contribution in [3.05, 3.63) is 21.8 Å². The van der Waals surface area contributed by atoms with Crippen LogP contribution in [-0.2, 0) is 29.8 Å². The van der Waals surface area contributed by atoms with Crippen molar-refractivity contribution >= 4 is 39.9 Å². The number of fused-ring (bicyclic) bond motifs is 1. The van der Waals surface area contributed by atoms with Crippen LogP contribution >= 0.6 is 23.1 Å². The molecule has 0 saturated heterocycles. The first kappa shape index (κ1) is 19.8. The van der Waals surface area contributed by atoms with Crippen LogP contribution < -0.4 is 11.1 Å². The fourth-order valence-electron chi connectivity index (χ4n) is 3.18. The molecule has 2 heterocycles. The summed E-state index contributed by atoms with van der Waals surface area (Å²) in [5, 5.41) is 22.2. The minimum Gasteiger partial charge on any atom is -0.382 e. The van der Waals surface area contributed by atoms with Gasteiger partial charge in [-0.3, -0.25) is 9.59 Å². The number of aromatic nitrogens is 3. The van der Waals surface area contributed by atoms with E-state index in [2.05, 4.69) is 15.5 Å². The van der Waals surface area contributed by atoms with Crippen molar-refractivity contribution in [2.24, 2.45) is 5.73 Å². The average Bonchev–Trinajstić information content (AvgIpc) is 3.24. The highest BCUT2D eigenvalue weighted by Gasteiger charge is 2.27. The lowest BCUT2D eigenvalue weighted by Gasteiger charge is -2.17. The van der Waals surface area contributed by atoms with Crippen LogP contribution in [0.4, 0.5) is 5.00 Å². The second kappa shape index (κ2) is 7.61. The molecule has 0 aliphatic heterocycles. The van der Waals surface area contributed by atoms with Gasteiger partial charge in [0, 0.05) is 11.4 Å². The molecule has 2 amide bonds. The van der Waals surface area contributed by atoms with E-state index in [1.165, 1.54) is 23.1 Å². The van der Waals surface area contributed by atoms with E-state index < -0.39 is 11.5 Å². The number of carbonyl (C=O) groups excluding carboxylic acids is 2. The van der Waals surface area contributed by atoms with Gasteiger partial charge in [0.25, 0.3) is 5.91 Å². The summed E-state index contributed by atoms with van der Waals surface area (Å²) < 4.78 is 1.78. The van der Waals surface area contributed by atoms with Gasteiger partial charge in [0.15, 0.2) is 11.0 Å². The van der Waals surface area contributed by atoms with Crippen LogP contribution in [0.25, 0.3) is 0 Å². The van der Waals surface area contributed by atoms with Gasteiger partial charge in [0.05, 0.1) is 11.3 Å². The summed E-state index contributed by atoms with van der Waals surface area (Å²) in [5.41, 5.74) is 5.84. The summed E-state index contributed by atoms with van der Waals surface area (Å²) in [5.74, 6) is -0.167. The van der Waals surface area contributed by atoms with E-state index in [1.807, 2.05) is 6.92 Å². The Balaban J connectivity index is 1.70. The number of thioether (sulfide) groups is 1. The number of hydrogen-bond donors (Lipinski definition) is 3. The standard InChI is InChI=1S/C17H23N5O3S2/c1-4-22-15(17(2,3)25)20-21-16(22)26-8-11(23)19-14-12(13(18)24)9-6-5-7-10(9)27-14/h25H,4-8H2,1-3H3,(H2,18,24)(H,19,23). The molecule has 0 atom stereocenters. The molecular formula is C17H23N5O3S2. The first-order valence-corrected chi connectivity index (χ1v) is 10.6. The molecular weight excluding hydrogens is 386 g/mol. The Kier molecular flexibility index (Phi) is 5.59. The maximum Gasteiger partial charge on any atom is 0.251 e. The molecule has 0 bridgehead atoms. The summed E-state index contributed by atoms with van der Waals surface area (Å²) in [4.78, 5) is 25.3. The minimum absolute atomic E-state index is 0.116. The fourth-order valence-corrected chi connectivity index (χ4v) is 5.29. The molecule has 1 aliphatic carbocycles. The molecule has 0 fully saturated rings. The van der Waals surface area contributed by atoms with Gasteiger partial charge < -0.3 is 20.7 Å². The van der Waals surface area contributed by atoms with Crippen LogP contribution in [0.2, 0.25) is 0 Å². The number of primary amides is 1. The number of aliphatic hydroxyl groups is 1. The van der Waals surface area contributed by atoms with Crippen LogP contribution in [-0.4, -0.2) is 37.4 Å².